The average Bonchev–Trinajstić information content (AvgIpc) is 2.14. The van der Waals surface area contributed by atoms with Crippen LogP contribution in [0.2, 0.25) is 0 Å². The monoisotopic (exact) mass is 204 g/mol. The Balaban J connectivity index is 3.68. The van der Waals surface area contributed by atoms with Gasteiger partial charge in [0.25, 0.3) is 0 Å². The lowest BCUT2D eigenvalue weighted by molar-refractivity contribution is -0.177. The van der Waals surface area contributed by atoms with Gasteiger partial charge in [-0.1, -0.05) is 13.8 Å². The third kappa shape index (κ3) is 6.35. The van der Waals surface area contributed by atoms with E-state index in [0.29, 0.717) is 25.7 Å². The fourth-order valence-corrected chi connectivity index (χ4v) is 0.939. The van der Waals surface area contributed by atoms with Crippen LogP contribution in [0.25, 0.3) is 0 Å². The Morgan fingerprint density at radius 3 is 1.71 bits per heavy atom. The van der Waals surface area contributed by atoms with Gasteiger partial charge in [-0.05, 0) is 26.7 Å². The summed E-state index contributed by atoms with van der Waals surface area (Å²) in [5.74, 6) is 0.527. The second kappa shape index (κ2) is 8.21. The molecule has 0 aromatic rings. The SMILES string of the molecule is CCOC(COC(C)C(C)C)OCC. The van der Waals surface area contributed by atoms with Crippen molar-refractivity contribution in [3.63, 3.8) is 0 Å². The quantitative estimate of drug-likeness (QED) is 0.568. The molecule has 1 unspecified atom stereocenters. The molecule has 0 aromatic heterocycles. The zero-order chi connectivity index (χ0) is 11.0. The maximum Gasteiger partial charge on any atom is 0.180 e. The average molecular weight is 204 g/mol. The summed E-state index contributed by atoms with van der Waals surface area (Å²) in [6.07, 6.45) is 0.0320. The van der Waals surface area contributed by atoms with Crippen molar-refractivity contribution in [2.75, 3.05) is 19.8 Å². The predicted octanol–water partition coefficient (Wildman–Crippen LogP) is 2.45. The summed E-state index contributed by atoms with van der Waals surface area (Å²) >= 11 is 0. The Kier molecular flexibility index (Phi) is 8.14. The van der Waals surface area contributed by atoms with Crippen molar-refractivity contribution in [2.24, 2.45) is 5.92 Å². The summed E-state index contributed by atoms with van der Waals surface area (Å²) in [5.41, 5.74) is 0. The second-order valence-corrected chi connectivity index (χ2v) is 3.62. The molecule has 14 heavy (non-hydrogen) atoms. The summed E-state index contributed by atoms with van der Waals surface area (Å²) in [6.45, 7) is 12.1. The van der Waals surface area contributed by atoms with Crippen LogP contribution >= 0.6 is 0 Å². The largest absolute Gasteiger partial charge is 0.373 e. The van der Waals surface area contributed by atoms with Gasteiger partial charge in [-0.2, -0.15) is 0 Å². The van der Waals surface area contributed by atoms with Crippen LogP contribution in [-0.2, 0) is 14.2 Å². The summed E-state index contributed by atoms with van der Waals surface area (Å²) < 4.78 is 16.4. The lowest BCUT2D eigenvalue weighted by Crippen LogP contribution is -2.27. The fraction of sp³-hybridized carbons (Fsp3) is 1.00. The summed E-state index contributed by atoms with van der Waals surface area (Å²) in [6, 6.07) is 0. The molecule has 0 aromatic carbocycles. The summed E-state index contributed by atoms with van der Waals surface area (Å²) in [7, 11) is 0. The van der Waals surface area contributed by atoms with Crippen molar-refractivity contribution in [3.8, 4) is 0 Å². The van der Waals surface area contributed by atoms with Crippen molar-refractivity contribution < 1.29 is 14.2 Å². The third-order valence-electron chi connectivity index (χ3n) is 2.14. The molecule has 0 saturated carbocycles. The van der Waals surface area contributed by atoms with E-state index in [-0.39, 0.29) is 12.4 Å². The molecule has 0 rings (SSSR count). The standard InChI is InChI=1S/C11H24O3/c1-6-12-11(13-7-2)8-14-10(5)9(3)4/h9-11H,6-8H2,1-5H3. The van der Waals surface area contributed by atoms with E-state index in [1.807, 2.05) is 13.8 Å². The van der Waals surface area contributed by atoms with Crippen LogP contribution in [-0.4, -0.2) is 32.2 Å². The van der Waals surface area contributed by atoms with Gasteiger partial charge in [0.2, 0.25) is 0 Å². The van der Waals surface area contributed by atoms with Gasteiger partial charge in [0.05, 0.1) is 12.7 Å². The molecule has 0 amide bonds. The molecule has 3 nitrogen and oxygen atoms in total. The lowest BCUT2D eigenvalue weighted by Gasteiger charge is -2.21. The first-order valence-electron chi connectivity index (χ1n) is 5.46. The van der Waals surface area contributed by atoms with Crippen LogP contribution < -0.4 is 0 Å². The van der Waals surface area contributed by atoms with E-state index in [2.05, 4.69) is 20.8 Å². The normalized spacial score (nSPS) is 13.9. The van der Waals surface area contributed by atoms with Crippen LogP contribution in [0.15, 0.2) is 0 Å². The van der Waals surface area contributed by atoms with Gasteiger partial charge < -0.3 is 14.2 Å². The van der Waals surface area contributed by atoms with Gasteiger partial charge in [-0.25, -0.2) is 0 Å². The lowest BCUT2D eigenvalue weighted by atomic mass is 10.1. The molecule has 1 atom stereocenters. The molecular formula is C11H24O3. The third-order valence-corrected chi connectivity index (χ3v) is 2.14. The number of rotatable bonds is 8. The molecule has 0 aliphatic carbocycles. The first-order valence-corrected chi connectivity index (χ1v) is 5.46. The zero-order valence-electron chi connectivity index (χ0n) is 10.1. The predicted molar refractivity (Wildman–Crippen MR) is 57.3 cm³/mol. The molecule has 0 fully saturated rings. The molecule has 0 heterocycles. The maximum absolute atomic E-state index is 5.62. The topological polar surface area (TPSA) is 27.7 Å². The highest BCUT2D eigenvalue weighted by atomic mass is 16.7. The minimum absolute atomic E-state index is 0.216. The van der Waals surface area contributed by atoms with E-state index in [1.54, 1.807) is 0 Å². The minimum Gasteiger partial charge on any atom is -0.373 e. The molecule has 0 bridgehead atoms. The van der Waals surface area contributed by atoms with Crippen LogP contribution in [0.4, 0.5) is 0 Å². The van der Waals surface area contributed by atoms with E-state index in [0.717, 1.165) is 0 Å². The Bertz CT molecular complexity index is 120. The van der Waals surface area contributed by atoms with Crippen LogP contribution in [0.3, 0.4) is 0 Å². The van der Waals surface area contributed by atoms with Gasteiger partial charge >= 0.3 is 0 Å². The van der Waals surface area contributed by atoms with Crippen LogP contribution in [0.1, 0.15) is 34.6 Å². The van der Waals surface area contributed by atoms with E-state index >= 15 is 0 Å². The molecular weight excluding hydrogens is 180 g/mol. The molecule has 86 valence electrons. The number of ether oxygens (including phenoxy) is 3. The number of hydrogen-bond acceptors (Lipinski definition) is 3. The van der Waals surface area contributed by atoms with Crippen LogP contribution in [0, 0.1) is 5.92 Å². The molecule has 3 heteroatoms. The molecule has 0 aliphatic rings. The highest BCUT2D eigenvalue weighted by Crippen LogP contribution is 2.07. The first-order chi connectivity index (χ1) is 6.61. The molecule has 0 aliphatic heterocycles. The minimum atomic E-state index is -0.216. The molecule has 0 N–H and O–H groups in total. The molecule has 0 spiro atoms. The Labute approximate surface area is 87.7 Å². The Morgan fingerprint density at radius 1 is 0.857 bits per heavy atom. The van der Waals surface area contributed by atoms with Gasteiger partial charge in [0, 0.05) is 13.2 Å². The zero-order valence-corrected chi connectivity index (χ0v) is 10.1. The molecule has 0 radical (unpaired) electrons. The number of hydrogen-bond donors (Lipinski definition) is 0. The smallest absolute Gasteiger partial charge is 0.180 e. The highest BCUT2D eigenvalue weighted by molar-refractivity contribution is 4.55. The van der Waals surface area contributed by atoms with Gasteiger partial charge in [-0.3, -0.25) is 0 Å². The molecule has 0 saturated heterocycles. The van der Waals surface area contributed by atoms with E-state index in [9.17, 15) is 0 Å². The van der Waals surface area contributed by atoms with Crippen molar-refractivity contribution in [2.45, 2.75) is 47.0 Å². The Hall–Kier alpha value is -0.120. The van der Waals surface area contributed by atoms with Gasteiger partial charge in [0.15, 0.2) is 6.29 Å². The second-order valence-electron chi connectivity index (χ2n) is 3.62. The van der Waals surface area contributed by atoms with Crippen LogP contribution in [0.5, 0.6) is 0 Å². The van der Waals surface area contributed by atoms with Crippen molar-refractivity contribution in [1.82, 2.24) is 0 Å². The van der Waals surface area contributed by atoms with E-state index < -0.39 is 0 Å². The maximum atomic E-state index is 5.62. The van der Waals surface area contributed by atoms with E-state index in [1.165, 1.54) is 0 Å². The van der Waals surface area contributed by atoms with Crippen molar-refractivity contribution in [3.05, 3.63) is 0 Å². The highest BCUT2D eigenvalue weighted by Gasteiger charge is 2.12. The van der Waals surface area contributed by atoms with Crippen molar-refractivity contribution >= 4 is 0 Å². The summed E-state index contributed by atoms with van der Waals surface area (Å²) in [5, 5.41) is 0. The Morgan fingerprint density at radius 2 is 1.36 bits per heavy atom. The summed E-state index contributed by atoms with van der Waals surface area (Å²) in [4.78, 5) is 0. The van der Waals surface area contributed by atoms with Gasteiger partial charge in [-0.15, -0.1) is 0 Å². The van der Waals surface area contributed by atoms with Gasteiger partial charge in [0.1, 0.15) is 0 Å². The first kappa shape index (κ1) is 13.9. The van der Waals surface area contributed by atoms with E-state index in [4.69, 9.17) is 14.2 Å². The van der Waals surface area contributed by atoms with Crippen molar-refractivity contribution in [1.29, 1.82) is 0 Å². The fourth-order valence-electron chi connectivity index (χ4n) is 0.939.